The van der Waals surface area contributed by atoms with E-state index in [-0.39, 0.29) is 5.78 Å². The molecule has 1 aromatic heterocycles. The summed E-state index contributed by atoms with van der Waals surface area (Å²) in [6.07, 6.45) is 5.08. The molecule has 5 heteroatoms. The third-order valence-corrected chi connectivity index (χ3v) is 3.79. The number of carbonyl (C=O) groups excluding carboxylic acids is 1. The molecule has 2 aromatic carbocycles. The summed E-state index contributed by atoms with van der Waals surface area (Å²) in [7, 11) is 3.08. The Kier molecular flexibility index (Phi) is 4.24. The zero-order valence-corrected chi connectivity index (χ0v) is 13.5. The van der Waals surface area contributed by atoms with E-state index in [4.69, 9.17) is 15.2 Å². The monoisotopic (exact) mass is 322 g/mol. The number of aromatic nitrogens is 1. The van der Waals surface area contributed by atoms with Crippen molar-refractivity contribution in [2.45, 2.75) is 0 Å². The van der Waals surface area contributed by atoms with E-state index in [1.807, 2.05) is 24.4 Å². The summed E-state index contributed by atoms with van der Waals surface area (Å²) in [6.45, 7) is 0. The van der Waals surface area contributed by atoms with Gasteiger partial charge in [-0.15, -0.1) is 0 Å². The molecule has 3 rings (SSSR count). The molecule has 0 fully saturated rings. The van der Waals surface area contributed by atoms with Gasteiger partial charge >= 0.3 is 0 Å². The summed E-state index contributed by atoms with van der Waals surface area (Å²) >= 11 is 0. The maximum atomic E-state index is 12.4. The number of hydrogen-bond donors (Lipinski definition) is 2. The number of benzene rings is 2. The number of fused-ring (bicyclic) bond motifs is 1. The summed E-state index contributed by atoms with van der Waals surface area (Å²) in [5, 5.41) is 1.00. The third kappa shape index (κ3) is 2.96. The van der Waals surface area contributed by atoms with Crippen LogP contribution in [0.1, 0.15) is 15.9 Å². The largest absolute Gasteiger partial charge is 0.493 e. The van der Waals surface area contributed by atoms with E-state index < -0.39 is 0 Å². The van der Waals surface area contributed by atoms with Gasteiger partial charge in [-0.25, -0.2) is 0 Å². The van der Waals surface area contributed by atoms with E-state index in [0.29, 0.717) is 22.7 Å². The Morgan fingerprint density at radius 1 is 1.12 bits per heavy atom. The van der Waals surface area contributed by atoms with Gasteiger partial charge in [0.1, 0.15) is 0 Å². The van der Waals surface area contributed by atoms with Gasteiger partial charge in [0, 0.05) is 22.7 Å². The number of H-pyrrole nitrogens is 1. The summed E-state index contributed by atoms with van der Waals surface area (Å²) < 4.78 is 10.5. The second-order valence-electron chi connectivity index (χ2n) is 5.32. The fourth-order valence-electron chi connectivity index (χ4n) is 2.59. The lowest BCUT2D eigenvalue weighted by atomic mass is 10.1. The predicted molar refractivity (Wildman–Crippen MR) is 95.6 cm³/mol. The minimum absolute atomic E-state index is 0.0774. The van der Waals surface area contributed by atoms with E-state index in [1.165, 1.54) is 13.2 Å². The fraction of sp³-hybridized carbons (Fsp3) is 0.105. The Hall–Kier alpha value is -3.21. The van der Waals surface area contributed by atoms with Crippen LogP contribution in [0, 0.1) is 0 Å². The van der Waals surface area contributed by atoms with Crippen molar-refractivity contribution in [1.82, 2.24) is 4.98 Å². The quantitative estimate of drug-likeness (QED) is 0.427. The highest BCUT2D eigenvalue weighted by Crippen LogP contribution is 2.34. The summed E-state index contributed by atoms with van der Waals surface area (Å²) in [4.78, 5) is 15.5. The zero-order chi connectivity index (χ0) is 17.1. The van der Waals surface area contributed by atoms with Crippen LogP contribution in [0.15, 0.2) is 48.7 Å². The predicted octanol–water partition coefficient (Wildman–Crippen LogP) is 3.66. The van der Waals surface area contributed by atoms with Gasteiger partial charge in [0.05, 0.1) is 19.9 Å². The van der Waals surface area contributed by atoms with E-state index in [2.05, 4.69) is 4.98 Å². The molecule has 0 aliphatic heterocycles. The molecule has 3 aromatic rings. The summed E-state index contributed by atoms with van der Waals surface area (Å²) in [6, 6.07) is 11.0. The van der Waals surface area contributed by atoms with E-state index in [1.54, 1.807) is 31.4 Å². The number of nitrogens with one attached hydrogen (secondary N) is 1. The molecular weight excluding hydrogens is 304 g/mol. The number of methoxy groups -OCH3 is 2. The molecule has 5 nitrogen and oxygen atoms in total. The Labute approximate surface area is 139 Å². The van der Waals surface area contributed by atoms with Gasteiger partial charge < -0.3 is 20.2 Å². The van der Waals surface area contributed by atoms with Crippen LogP contribution in [-0.2, 0) is 0 Å². The van der Waals surface area contributed by atoms with Gasteiger partial charge in [-0.05, 0) is 48.0 Å². The molecule has 0 atom stereocenters. The first-order chi connectivity index (χ1) is 11.6. The normalized spacial score (nSPS) is 11.1. The molecule has 3 N–H and O–H groups in total. The van der Waals surface area contributed by atoms with Crippen LogP contribution in [0.4, 0.5) is 5.69 Å². The number of nitrogen functional groups attached to an aromatic ring is 1. The van der Waals surface area contributed by atoms with E-state index in [0.717, 1.165) is 16.5 Å². The maximum Gasteiger partial charge on any atom is 0.185 e. The Balaban J connectivity index is 1.87. The number of aromatic amines is 1. The van der Waals surface area contributed by atoms with Crippen molar-refractivity contribution in [2.75, 3.05) is 20.0 Å². The van der Waals surface area contributed by atoms with Gasteiger partial charge in [-0.2, -0.15) is 0 Å². The van der Waals surface area contributed by atoms with E-state index >= 15 is 0 Å². The van der Waals surface area contributed by atoms with Gasteiger partial charge in [0.15, 0.2) is 17.3 Å². The van der Waals surface area contributed by atoms with Crippen LogP contribution < -0.4 is 15.2 Å². The Bertz CT molecular complexity index is 926. The first kappa shape index (κ1) is 15.7. The highest BCUT2D eigenvalue weighted by atomic mass is 16.5. The first-order valence-corrected chi connectivity index (χ1v) is 7.43. The van der Waals surface area contributed by atoms with Crippen LogP contribution in [0.2, 0.25) is 0 Å². The van der Waals surface area contributed by atoms with Crippen molar-refractivity contribution in [3.63, 3.8) is 0 Å². The van der Waals surface area contributed by atoms with Gasteiger partial charge in [0.2, 0.25) is 0 Å². The molecule has 0 amide bonds. The highest BCUT2D eigenvalue weighted by molar-refractivity contribution is 6.08. The molecule has 0 radical (unpaired) electrons. The van der Waals surface area contributed by atoms with Crippen LogP contribution >= 0.6 is 0 Å². The minimum Gasteiger partial charge on any atom is -0.493 e. The van der Waals surface area contributed by atoms with Crippen LogP contribution in [0.25, 0.3) is 17.0 Å². The van der Waals surface area contributed by atoms with Crippen molar-refractivity contribution in [1.29, 1.82) is 0 Å². The second kappa shape index (κ2) is 6.50. The zero-order valence-electron chi connectivity index (χ0n) is 13.5. The molecule has 0 saturated carbocycles. The molecular formula is C19H18N2O3. The van der Waals surface area contributed by atoms with Crippen LogP contribution in [0.5, 0.6) is 11.5 Å². The SMILES string of the molecule is COc1cc(/C=C/C(=O)c2ccc3[nH]ccc3c2)cc(N)c1OC. The number of hydrogen-bond acceptors (Lipinski definition) is 4. The smallest absolute Gasteiger partial charge is 0.185 e. The number of nitrogens with two attached hydrogens (primary N) is 1. The molecule has 0 spiro atoms. The van der Waals surface area contributed by atoms with Crippen molar-refractivity contribution in [3.05, 3.63) is 59.8 Å². The molecule has 24 heavy (non-hydrogen) atoms. The fourth-order valence-corrected chi connectivity index (χ4v) is 2.59. The lowest BCUT2D eigenvalue weighted by Gasteiger charge is -2.11. The number of anilines is 1. The summed E-state index contributed by atoms with van der Waals surface area (Å²) in [5.41, 5.74) is 8.80. The molecule has 1 heterocycles. The highest BCUT2D eigenvalue weighted by Gasteiger charge is 2.09. The first-order valence-electron chi connectivity index (χ1n) is 7.43. The molecule has 0 aliphatic carbocycles. The number of rotatable bonds is 5. The number of ether oxygens (including phenoxy) is 2. The van der Waals surface area contributed by atoms with E-state index in [9.17, 15) is 4.79 Å². The van der Waals surface area contributed by atoms with Crippen LogP contribution in [0.3, 0.4) is 0 Å². The summed E-state index contributed by atoms with van der Waals surface area (Å²) in [5.74, 6) is 0.934. The molecule has 122 valence electrons. The van der Waals surface area contributed by atoms with Crippen molar-refractivity contribution < 1.29 is 14.3 Å². The van der Waals surface area contributed by atoms with Crippen molar-refractivity contribution in [2.24, 2.45) is 0 Å². The standard InChI is InChI=1S/C19H18N2O3/c1-23-18-10-12(9-15(20)19(18)24-2)3-6-17(22)14-4-5-16-13(11-14)7-8-21-16/h3-11,21H,20H2,1-2H3/b6-3+. The van der Waals surface area contributed by atoms with Crippen molar-refractivity contribution >= 4 is 28.4 Å². The molecule has 0 saturated heterocycles. The second-order valence-corrected chi connectivity index (χ2v) is 5.32. The van der Waals surface area contributed by atoms with Crippen LogP contribution in [-0.4, -0.2) is 25.0 Å². The maximum absolute atomic E-state index is 12.4. The number of carbonyl (C=O) groups is 1. The van der Waals surface area contributed by atoms with Crippen molar-refractivity contribution in [3.8, 4) is 11.5 Å². The minimum atomic E-state index is -0.0774. The Morgan fingerprint density at radius 2 is 1.96 bits per heavy atom. The lowest BCUT2D eigenvalue weighted by Crippen LogP contribution is -1.97. The lowest BCUT2D eigenvalue weighted by molar-refractivity contribution is 0.104. The number of allylic oxidation sites excluding steroid dienone is 1. The average molecular weight is 322 g/mol. The van der Waals surface area contributed by atoms with Gasteiger partial charge in [-0.1, -0.05) is 6.08 Å². The van der Waals surface area contributed by atoms with Gasteiger partial charge in [0.25, 0.3) is 0 Å². The molecule has 0 bridgehead atoms. The average Bonchev–Trinajstić information content (AvgIpc) is 3.06. The molecule has 0 aliphatic rings. The molecule has 0 unspecified atom stereocenters. The Morgan fingerprint density at radius 3 is 2.71 bits per heavy atom. The third-order valence-electron chi connectivity index (χ3n) is 3.79. The number of ketones is 1. The van der Waals surface area contributed by atoms with Gasteiger partial charge in [-0.3, -0.25) is 4.79 Å². The topological polar surface area (TPSA) is 77.3 Å².